The van der Waals surface area contributed by atoms with Gasteiger partial charge in [-0.05, 0) is 55.8 Å². The highest BCUT2D eigenvalue weighted by atomic mass is 16.5. The number of esters is 1. The quantitative estimate of drug-likeness (QED) is 0.780. The SMILES string of the molecule is CCOC(=O)c1ccc(NC(=O)C2=CCC(=O)N(c3ccccc3C)N2)cc1. The lowest BCUT2D eigenvalue weighted by molar-refractivity contribution is -0.119. The number of anilines is 2. The van der Waals surface area contributed by atoms with E-state index < -0.39 is 5.97 Å². The van der Waals surface area contributed by atoms with Crippen LogP contribution < -0.4 is 15.8 Å². The predicted octanol–water partition coefficient (Wildman–Crippen LogP) is 2.94. The lowest BCUT2D eigenvalue weighted by Gasteiger charge is -2.29. The number of rotatable bonds is 5. The number of benzene rings is 2. The topological polar surface area (TPSA) is 87.7 Å². The molecule has 2 amide bonds. The lowest BCUT2D eigenvalue weighted by atomic mass is 10.1. The molecular weight excluding hydrogens is 358 g/mol. The van der Waals surface area contributed by atoms with Crippen molar-refractivity contribution < 1.29 is 19.1 Å². The third kappa shape index (κ3) is 4.20. The van der Waals surface area contributed by atoms with E-state index in [2.05, 4.69) is 10.7 Å². The molecule has 0 saturated heterocycles. The number of nitrogens with one attached hydrogen (secondary N) is 2. The number of ether oxygens (including phenoxy) is 1. The van der Waals surface area contributed by atoms with Gasteiger partial charge in [-0.15, -0.1) is 0 Å². The van der Waals surface area contributed by atoms with Crippen LogP contribution in [-0.4, -0.2) is 24.4 Å². The minimum absolute atomic E-state index is 0.117. The molecule has 2 aromatic carbocycles. The van der Waals surface area contributed by atoms with Crippen molar-refractivity contribution in [2.24, 2.45) is 0 Å². The van der Waals surface area contributed by atoms with Crippen molar-refractivity contribution in [1.29, 1.82) is 0 Å². The van der Waals surface area contributed by atoms with Crippen molar-refractivity contribution in [3.63, 3.8) is 0 Å². The van der Waals surface area contributed by atoms with Crippen LogP contribution in [0.15, 0.2) is 60.3 Å². The first-order valence-corrected chi connectivity index (χ1v) is 8.93. The first kappa shape index (κ1) is 19.2. The van der Waals surface area contributed by atoms with Crippen LogP contribution in [0.4, 0.5) is 11.4 Å². The highest BCUT2D eigenvalue weighted by molar-refractivity contribution is 6.07. The first-order valence-electron chi connectivity index (χ1n) is 8.93. The Morgan fingerprint density at radius 3 is 2.54 bits per heavy atom. The maximum atomic E-state index is 12.6. The van der Waals surface area contributed by atoms with Gasteiger partial charge in [-0.3, -0.25) is 15.0 Å². The van der Waals surface area contributed by atoms with Crippen LogP contribution in [0.5, 0.6) is 0 Å². The van der Waals surface area contributed by atoms with Gasteiger partial charge in [0.15, 0.2) is 0 Å². The van der Waals surface area contributed by atoms with Crippen molar-refractivity contribution in [2.45, 2.75) is 20.3 Å². The van der Waals surface area contributed by atoms with Gasteiger partial charge in [0.05, 0.1) is 17.9 Å². The van der Waals surface area contributed by atoms with Gasteiger partial charge in [0.1, 0.15) is 5.70 Å². The number of hydrazine groups is 1. The molecule has 0 unspecified atom stereocenters. The maximum Gasteiger partial charge on any atom is 0.338 e. The zero-order valence-electron chi connectivity index (χ0n) is 15.7. The molecule has 28 heavy (non-hydrogen) atoms. The second-order valence-corrected chi connectivity index (χ2v) is 6.20. The third-order valence-corrected chi connectivity index (χ3v) is 4.22. The van der Waals surface area contributed by atoms with Gasteiger partial charge in [0.2, 0.25) is 5.91 Å². The molecule has 2 aromatic rings. The van der Waals surface area contributed by atoms with E-state index >= 15 is 0 Å². The van der Waals surface area contributed by atoms with Gasteiger partial charge in [-0.1, -0.05) is 18.2 Å². The van der Waals surface area contributed by atoms with E-state index in [1.165, 1.54) is 5.01 Å². The first-order chi connectivity index (χ1) is 13.5. The predicted molar refractivity (Wildman–Crippen MR) is 106 cm³/mol. The summed E-state index contributed by atoms with van der Waals surface area (Å²) in [7, 11) is 0. The number of carbonyl (C=O) groups is 3. The van der Waals surface area contributed by atoms with E-state index in [9.17, 15) is 14.4 Å². The molecule has 0 fully saturated rings. The van der Waals surface area contributed by atoms with Crippen LogP contribution in [0.3, 0.4) is 0 Å². The monoisotopic (exact) mass is 379 g/mol. The Kier molecular flexibility index (Phi) is 5.74. The molecule has 0 aliphatic carbocycles. The summed E-state index contributed by atoms with van der Waals surface area (Å²) in [5.41, 5.74) is 5.71. The summed E-state index contributed by atoms with van der Waals surface area (Å²) in [6.07, 6.45) is 1.67. The Hall–Kier alpha value is -3.61. The number of aryl methyl sites for hydroxylation is 1. The normalized spacial score (nSPS) is 13.4. The summed E-state index contributed by atoms with van der Waals surface area (Å²) < 4.78 is 4.93. The van der Waals surface area contributed by atoms with Gasteiger partial charge < -0.3 is 10.1 Å². The Morgan fingerprint density at radius 1 is 1.14 bits per heavy atom. The van der Waals surface area contributed by atoms with Crippen molar-refractivity contribution >= 4 is 29.2 Å². The van der Waals surface area contributed by atoms with Gasteiger partial charge in [0, 0.05) is 12.1 Å². The fourth-order valence-corrected chi connectivity index (χ4v) is 2.76. The van der Waals surface area contributed by atoms with E-state index in [1.54, 1.807) is 37.3 Å². The van der Waals surface area contributed by atoms with Crippen molar-refractivity contribution in [3.05, 3.63) is 71.4 Å². The zero-order valence-corrected chi connectivity index (χ0v) is 15.7. The van der Waals surface area contributed by atoms with Gasteiger partial charge >= 0.3 is 5.97 Å². The maximum absolute atomic E-state index is 12.6. The molecule has 144 valence electrons. The molecule has 0 saturated carbocycles. The van der Waals surface area contributed by atoms with Crippen LogP contribution >= 0.6 is 0 Å². The molecule has 0 spiro atoms. The average molecular weight is 379 g/mol. The number of nitrogens with zero attached hydrogens (tertiary/aromatic N) is 1. The van der Waals surface area contributed by atoms with Gasteiger partial charge in [-0.25, -0.2) is 9.80 Å². The molecule has 0 bridgehead atoms. The molecule has 1 aliphatic rings. The second kappa shape index (κ2) is 8.39. The van der Waals surface area contributed by atoms with E-state index in [4.69, 9.17) is 4.74 Å². The summed E-state index contributed by atoms with van der Waals surface area (Å²) in [5.74, 6) is -0.941. The fraction of sp³-hybridized carbons (Fsp3) is 0.190. The molecule has 1 heterocycles. The summed E-state index contributed by atoms with van der Waals surface area (Å²) in [5, 5.41) is 4.13. The second-order valence-electron chi connectivity index (χ2n) is 6.20. The van der Waals surface area contributed by atoms with E-state index in [1.807, 2.05) is 31.2 Å². The lowest BCUT2D eigenvalue weighted by Crippen LogP contribution is -2.48. The number of hydrogen-bond donors (Lipinski definition) is 2. The highest BCUT2D eigenvalue weighted by Gasteiger charge is 2.25. The Labute approximate surface area is 163 Å². The van der Waals surface area contributed by atoms with Crippen LogP contribution in [0.1, 0.15) is 29.3 Å². The minimum atomic E-state index is -0.413. The third-order valence-electron chi connectivity index (χ3n) is 4.22. The number of hydrogen-bond acceptors (Lipinski definition) is 5. The van der Waals surface area contributed by atoms with Crippen LogP contribution in [0, 0.1) is 6.92 Å². The summed E-state index contributed by atoms with van der Waals surface area (Å²) in [6, 6.07) is 13.8. The highest BCUT2D eigenvalue weighted by Crippen LogP contribution is 2.22. The smallest absolute Gasteiger partial charge is 0.338 e. The van der Waals surface area contributed by atoms with E-state index in [-0.39, 0.29) is 23.9 Å². The van der Waals surface area contributed by atoms with E-state index in [0.717, 1.165) is 5.56 Å². The molecule has 0 radical (unpaired) electrons. The van der Waals surface area contributed by atoms with Crippen LogP contribution in [0.2, 0.25) is 0 Å². The fourth-order valence-electron chi connectivity index (χ4n) is 2.76. The molecule has 2 N–H and O–H groups in total. The van der Waals surface area contributed by atoms with E-state index in [0.29, 0.717) is 23.5 Å². The molecule has 3 rings (SSSR count). The standard InChI is InChI=1S/C21H21N3O4/c1-3-28-21(27)15-8-10-16(11-9-15)22-20(26)17-12-13-19(25)24(23-17)18-7-5-4-6-14(18)2/h4-12,23H,3,13H2,1-2H3,(H,22,26). The summed E-state index contributed by atoms with van der Waals surface area (Å²) in [4.78, 5) is 36.5. The molecule has 0 aromatic heterocycles. The largest absolute Gasteiger partial charge is 0.462 e. The Morgan fingerprint density at radius 2 is 1.86 bits per heavy atom. The van der Waals surface area contributed by atoms with Crippen molar-refractivity contribution in [1.82, 2.24) is 5.43 Å². The molecule has 1 aliphatic heterocycles. The van der Waals surface area contributed by atoms with Crippen LogP contribution in [-0.2, 0) is 14.3 Å². The van der Waals surface area contributed by atoms with Crippen molar-refractivity contribution in [3.8, 4) is 0 Å². The number of para-hydroxylation sites is 1. The zero-order chi connectivity index (χ0) is 20.1. The molecular formula is C21H21N3O4. The number of amides is 2. The summed E-state index contributed by atoms with van der Waals surface area (Å²) >= 11 is 0. The molecule has 7 heteroatoms. The van der Waals surface area contributed by atoms with Gasteiger partial charge in [0.25, 0.3) is 5.91 Å². The Balaban J connectivity index is 1.70. The van der Waals surface area contributed by atoms with Gasteiger partial charge in [-0.2, -0.15) is 0 Å². The summed E-state index contributed by atoms with van der Waals surface area (Å²) in [6.45, 7) is 3.93. The number of carbonyl (C=O) groups excluding carboxylic acids is 3. The average Bonchev–Trinajstić information content (AvgIpc) is 2.69. The Bertz CT molecular complexity index is 935. The van der Waals surface area contributed by atoms with Crippen molar-refractivity contribution in [2.75, 3.05) is 16.9 Å². The van der Waals surface area contributed by atoms with Crippen LogP contribution in [0.25, 0.3) is 0 Å². The molecule has 0 atom stereocenters. The minimum Gasteiger partial charge on any atom is -0.462 e. The molecule has 7 nitrogen and oxygen atoms in total.